The van der Waals surface area contributed by atoms with E-state index in [4.69, 9.17) is 5.73 Å². The molecule has 0 unspecified atom stereocenters. The molecule has 0 aromatic carbocycles. The Morgan fingerprint density at radius 3 is 2.71 bits per heavy atom. The number of nitrogens with one attached hydrogen (secondary N) is 1. The van der Waals surface area contributed by atoms with Gasteiger partial charge in [-0.2, -0.15) is 0 Å². The molecule has 1 fully saturated rings. The normalized spacial score (nSPS) is 16.4. The van der Waals surface area contributed by atoms with Gasteiger partial charge >= 0.3 is 0 Å². The fourth-order valence-corrected chi connectivity index (χ4v) is 2.24. The Hall–Kier alpha value is -1.91. The first-order valence-corrected chi connectivity index (χ1v) is 5.92. The van der Waals surface area contributed by atoms with Gasteiger partial charge in [0.2, 0.25) is 0 Å². The van der Waals surface area contributed by atoms with Gasteiger partial charge in [0.05, 0.1) is 11.7 Å². The number of piperidine rings is 1. The molecule has 2 aromatic rings. The van der Waals surface area contributed by atoms with E-state index in [0.29, 0.717) is 0 Å². The highest BCUT2D eigenvalue weighted by Gasteiger charge is 2.13. The molecule has 0 bridgehead atoms. The lowest BCUT2D eigenvalue weighted by atomic mass is 10.1. The zero-order valence-corrected chi connectivity index (χ0v) is 9.56. The van der Waals surface area contributed by atoms with Crippen molar-refractivity contribution in [2.24, 2.45) is 0 Å². The van der Waals surface area contributed by atoms with Crippen LogP contribution in [0.4, 0.5) is 11.6 Å². The SMILES string of the molecule is [NH]c1ncnc2cnc(N3CCCCC3)cc12. The second kappa shape index (κ2) is 4.16. The number of hydrogen-bond acceptors (Lipinski definition) is 4. The van der Waals surface area contributed by atoms with E-state index in [0.717, 1.165) is 29.8 Å². The van der Waals surface area contributed by atoms with Crippen molar-refractivity contribution in [3.05, 3.63) is 18.6 Å². The zero-order valence-electron chi connectivity index (χ0n) is 9.56. The van der Waals surface area contributed by atoms with Gasteiger partial charge in [-0.05, 0) is 25.3 Å². The number of aromatic nitrogens is 3. The van der Waals surface area contributed by atoms with Crippen LogP contribution in [-0.4, -0.2) is 28.0 Å². The fraction of sp³-hybridized carbons (Fsp3) is 0.417. The minimum absolute atomic E-state index is 0.274. The summed E-state index contributed by atoms with van der Waals surface area (Å²) in [5.74, 6) is 1.22. The highest BCUT2D eigenvalue weighted by atomic mass is 15.2. The topological polar surface area (TPSA) is 65.7 Å². The summed E-state index contributed by atoms with van der Waals surface area (Å²) in [4.78, 5) is 14.7. The monoisotopic (exact) mass is 228 g/mol. The van der Waals surface area contributed by atoms with Crippen LogP contribution in [0, 0.1) is 0 Å². The summed E-state index contributed by atoms with van der Waals surface area (Å²) in [6, 6.07) is 1.93. The van der Waals surface area contributed by atoms with E-state index in [1.54, 1.807) is 6.20 Å². The molecule has 5 heteroatoms. The molecule has 1 radical (unpaired) electrons. The molecular formula is C12H14N5. The number of fused-ring (bicyclic) bond motifs is 1. The molecule has 0 atom stereocenters. The summed E-state index contributed by atoms with van der Waals surface area (Å²) in [5, 5.41) is 0.781. The van der Waals surface area contributed by atoms with Crippen molar-refractivity contribution < 1.29 is 0 Å². The molecular weight excluding hydrogens is 214 g/mol. The first-order valence-electron chi connectivity index (χ1n) is 5.92. The lowest BCUT2D eigenvalue weighted by molar-refractivity contribution is 0.574. The summed E-state index contributed by atoms with van der Waals surface area (Å²) >= 11 is 0. The van der Waals surface area contributed by atoms with E-state index >= 15 is 0 Å². The fourth-order valence-electron chi connectivity index (χ4n) is 2.24. The Balaban J connectivity index is 2.03. The summed E-state index contributed by atoms with van der Waals surface area (Å²) < 4.78 is 0. The van der Waals surface area contributed by atoms with Crippen molar-refractivity contribution in [3.8, 4) is 0 Å². The van der Waals surface area contributed by atoms with E-state index in [-0.39, 0.29) is 5.82 Å². The molecule has 17 heavy (non-hydrogen) atoms. The minimum Gasteiger partial charge on any atom is -0.357 e. The smallest absolute Gasteiger partial charge is 0.155 e. The lowest BCUT2D eigenvalue weighted by Gasteiger charge is -2.27. The zero-order chi connectivity index (χ0) is 11.7. The molecule has 1 aliphatic rings. The summed E-state index contributed by atoms with van der Waals surface area (Å²) in [7, 11) is 0. The quantitative estimate of drug-likeness (QED) is 0.748. The van der Waals surface area contributed by atoms with Gasteiger partial charge in [-0.3, -0.25) is 5.73 Å². The van der Waals surface area contributed by atoms with Gasteiger partial charge in [0.1, 0.15) is 12.1 Å². The Morgan fingerprint density at radius 1 is 1.06 bits per heavy atom. The second-order valence-corrected chi connectivity index (χ2v) is 4.33. The molecule has 0 spiro atoms. The molecule has 0 saturated carbocycles. The summed E-state index contributed by atoms with van der Waals surface area (Å²) in [6.07, 6.45) is 6.89. The van der Waals surface area contributed by atoms with Crippen LogP contribution in [0.25, 0.3) is 10.9 Å². The van der Waals surface area contributed by atoms with Gasteiger partial charge in [-0.25, -0.2) is 15.0 Å². The van der Waals surface area contributed by atoms with E-state index in [1.165, 1.54) is 25.6 Å². The third-order valence-corrected chi connectivity index (χ3v) is 3.19. The first kappa shape index (κ1) is 10.3. The number of anilines is 1. The standard InChI is InChI=1S/C12H14N5/c13-12-9-6-11(17-4-2-1-3-5-17)14-7-10(9)15-8-16-12/h6-8,13H,1-5H2. The number of hydrogen-bond donors (Lipinski definition) is 0. The van der Waals surface area contributed by atoms with Crippen LogP contribution in [0.15, 0.2) is 18.6 Å². The maximum absolute atomic E-state index is 7.78. The van der Waals surface area contributed by atoms with Crippen LogP contribution in [0.2, 0.25) is 0 Å². The van der Waals surface area contributed by atoms with Crippen molar-refractivity contribution in [1.29, 1.82) is 0 Å². The minimum atomic E-state index is 0.274. The molecule has 1 saturated heterocycles. The maximum Gasteiger partial charge on any atom is 0.155 e. The van der Waals surface area contributed by atoms with Gasteiger partial charge in [0, 0.05) is 18.5 Å². The molecule has 3 heterocycles. The highest BCUT2D eigenvalue weighted by Crippen LogP contribution is 2.23. The maximum atomic E-state index is 7.78. The van der Waals surface area contributed by atoms with Gasteiger partial charge in [-0.1, -0.05) is 0 Å². The second-order valence-electron chi connectivity index (χ2n) is 4.33. The van der Waals surface area contributed by atoms with Crippen LogP contribution < -0.4 is 10.6 Å². The predicted octanol–water partition coefficient (Wildman–Crippen LogP) is 1.93. The molecule has 3 rings (SSSR count). The van der Waals surface area contributed by atoms with Crippen molar-refractivity contribution >= 4 is 22.5 Å². The number of nitrogens with zero attached hydrogens (tertiary/aromatic N) is 4. The van der Waals surface area contributed by atoms with E-state index in [2.05, 4.69) is 19.9 Å². The van der Waals surface area contributed by atoms with E-state index in [1.807, 2.05) is 6.07 Å². The van der Waals surface area contributed by atoms with Crippen molar-refractivity contribution in [2.75, 3.05) is 18.0 Å². The van der Waals surface area contributed by atoms with Crippen molar-refractivity contribution in [3.63, 3.8) is 0 Å². The van der Waals surface area contributed by atoms with Crippen LogP contribution in [0.5, 0.6) is 0 Å². The van der Waals surface area contributed by atoms with Crippen LogP contribution in [0.3, 0.4) is 0 Å². The van der Waals surface area contributed by atoms with Crippen LogP contribution >= 0.6 is 0 Å². The third kappa shape index (κ3) is 1.88. The van der Waals surface area contributed by atoms with Gasteiger partial charge in [-0.15, -0.1) is 0 Å². The molecule has 87 valence electrons. The van der Waals surface area contributed by atoms with Crippen LogP contribution in [0.1, 0.15) is 19.3 Å². The Kier molecular flexibility index (Phi) is 2.51. The molecule has 1 aliphatic heterocycles. The average Bonchev–Trinajstić information content (AvgIpc) is 2.40. The summed E-state index contributed by atoms with van der Waals surface area (Å²) in [5.41, 5.74) is 8.52. The highest BCUT2D eigenvalue weighted by molar-refractivity contribution is 5.88. The molecule has 5 nitrogen and oxygen atoms in total. The lowest BCUT2D eigenvalue weighted by Crippen LogP contribution is -2.30. The predicted molar refractivity (Wildman–Crippen MR) is 66.2 cm³/mol. The van der Waals surface area contributed by atoms with Gasteiger partial charge in [0.15, 0.2) is 5.82 Å². The van der Waals surface area contributed by atoms with Crippen LogP contribution in [-0.2, 0) is 0 Å². The van der Waals surface area contributed by atoms with Gasteiger partial charge < -0.3 is 4.90 Å². The summed E-state index contributed by atoms with van der Waals surface area (Å²) in [6.45, 7) is 2.11. The Bertz CT molecular complexity index is 533. The molecule has 1 N–H and O–H groups in total. The average molecular weight is 228 g/mol. The largest absolute Gasteiger partial charge is 0.357 e. The van der Waals surface area contributed by atoms with Crippen molar-refractivity contribution in [2.45, 2.75) is 19.3 Å². The third-order valence-electron chi connectivity index (χ3n) is 3.19. The van der Waals surface area contributed by atoms with E-state index in [9.17, 15) is 0 Å². The first-order chi connectivity index (χ1) is 8.34. The van der Waals surface area contributed by atoms with E-state index < -0.39 is 0 Å². The molecule has 0 aliphatic carbocycles. The number of rotatable bonds is 1. The Labute approximate surface area is 99.7 Å². The number of pyridine rings is 1. The van der Waals surface area contributed by atoms with Gasteiger partial charge in [0.25, 0.3) is 0 Å². The molecule has 2 aromatic heterocycles. The van der Waals surface area contributed by atoms with Crippen molar-refractivity contribution in [1.82, 2.24) is 20.7 Å². The molecule has 0 amide bonds. The Morgan fingerprint density at radius 2 is 1.88 bits per heavy atom.